The molecule has 94 valence electrons. The highest BCUT2D eigenvalue weighted by Gasteiger charge is 2.20. The van der Waals surface area contributed by atoms with Crippen LogP contribution in [0.15, 0.2) is 12.4 Å². The molecule has 0 spiro atoms. The lowest BCUT2D eigenvalue weighted by Crippen LogP contribution is -2.44. The van der Waals surface area contributed by atoms with Crippen molar-refractivity contribution in [2.75, 3.05) is 31.2 Å². The number of morpholine rings is 1. The van der Waals surface area contributed by atoms with E-state index in [9.17, 15) is 0 Å². The second-order valence-corrected chi connectivity index (χ2v) is 4.24. The number of hydrogen-bond acceptors (Lipinski definition) is 5. The van der Waals surface area contributed by atoms with E-state index in [4.69, 9.17) is 9.84 Å². The van der Waals surface area contributed by atoms with Gasteiger partial charge in [0.1, 0.15) is 12.1 Å². The van der Waals surface area contributed by atoms with E-state index in [-0.39, 0.29) is 12.7 Å². The van der Waals surface area contributed by atoms with Crippen LogP contribution in [0.5, 0.6) is 0 Å². The molecule has 1 aliphatic rings. The smallest absolute Gasteiger partial charge is 0.132 e. The molecule has 1 fully saturated rings. The Balaban J connectivity index is 2.07. The summed E-state index contributed by atoms with van der Waals surface area (Å²) in [6, 6.07) is 2.03. The summed E-state index contributed by atoms with van der Waals surface area (Å²) in [5.74, 6) is 0.935. The van der Waals surface area contributed by atoms with Gasteiger partial charge in [0.2, 0.25) is 0 Å². The van der Waals surface area contributed by atoms with E-state index in [1.807, 2.05) is 6.07 Å². The number of aromatic nitrogens is 2. The van der Waals surface area contributed by atoms with E-state index in [0.717, 1.165) is 30.9 Å². The van der Waals surface area contributed by atoms with Crippen molar-refractivity contribution in [3.05, 3.63) is 18.1 Å². The first-order valence-electron chi connectivity index (χ1n) is 6.11. The van der Waals surface area contributed by atoms with Crippen molar-refractivity contribution in [2.24, 2.45) is 0 Å². The van der Waals surface area contributed by atoms with Crippen LogP contribution in [0.25, 0.3) is 0 Å². The van der Waals surface area contributed by atoms with Gasteiger partial charge in [0.25, 0.3) is 0 Å². The molecular formula is C12H19N3O2. The van der Waals surface area contributed by atoms with E-state index in [0.29, 0.717) is 13.2 Å². The molecule has 1 saturated heterocycles. The maximum absolute atomic E-state index is 9.11. The first kappa shape index (κ1) is 12.3. The van der Waals surface area contributed by atoms with E-state index < -0.39 is 0 Å². The lowest BCUT2D eigenvalue weighted by molar-refractivity contribution is 0.00335. The fraction of sp³-hybridized carbons (Fsp3) is 0.667. The highest BCUT2D eigenvalue weighted by atomic mass is 16.5. The normalized spacial score (nSPS) is 20.6. The fourth-order valence-corrected chi connectivity index (χ4v) is 1.99. The van der Waals surface area contributed by atoms with Gasteiger partial charge < -0.3 is 14.7 Å². The molecule has 5 heteroatoms. The topological polar surface area (TPSA) is 58.5 Å². The van der Waals surface area contributed by atoms with Gasteiger partial charge in [-0.2, -0.15) is 0 Å². The van der Waals surface area contributed by atoms with E-state index in [2.05, 4.69) is 21.8 Å². The predicted octanol–water partition coefficient (Wildman–Crippen LogP) is 0.627. The molecule has 0 radical (unpaired) electrons. The SMILES string of the molecule is CCCc1cc(N2CCOC(CO)C2)ncn1. The third-order valence-electron chi connectivity index (χ3n) is 2.88. The number of aryl methyl sites for hydroxylation is 1. The van der Waals surface area contributed by atoms with Crippen molar-refractivity contribution in [1.82, 2.24) is 9.97 Å². The number of ether oxygens (including phenoxy) is 1. The molecule has 1 atom stereocenters. The maximum Gasteiger partial charge on any atom is 0.132 e. The van der Waals surface area contributed by atoms with Crippen LogP contribution in [0.2, 0.25) is 0 Å². The van der Waals surface area contributed by atoms with Crippen molar-refractivity contribution in [3.63, 3.8) is 0 Å². The highest BCUT2D eigenvalue weighted by molar-refractivity contribution is 5.39. The number of hydrogen-bond donors (Lipinski definition) is 1. The van der Waals surface area contributed by atoms with Crippen LogP contribution in [0, 0.1) is 0 Å². The molecule has 2 heterocycles. The third kappa shape index (κ3) is 3.14. The van der Waals surface area contributed by atoms with Gasteiger partial charge in [-0.05, 0) is 6.42 Å². The molecule has 1 aromatic heterocycles. The number of rotatable bonds is 4. The van der Waals surface area contributed by atoms with E-state index >= 15 is 0 Å². The number of aliphatic hydroxyl groups is 1. The zero-order valence-electron chi connectivity index (χ0n) is 10.2. The molecule has 0 aromatic carbocycles. The molecule has 0 bridgehead atoms. The summed E-state index contributed by atoms with van der Waals surface area (Å²) in [4.78, 5) is 10.7. The lowest BCUT2D eigenvalue weighted by atomic mass is 10.2. The molecule has 5 nitrogen and oxygen atoms in total. The highest BCUT2D eigenvalue weighted by Crippen LogP contribution is 2.15. The van der Waals surface area contributed by atoms with Crippen LogP contribution in [-0.4, -0.2) is 47.5 Å². The molecular weight excluding hydrogens is 218 g/mol. The van der Waals surface area contributed by atoms with Gasteiger partial charge in [0, 0.05) is 24.8 Å². The second-order valence-electron chi connectivity index (χ2n) is 4.24. The van der Waals surface area contributed by atoms with Crippen LogP contribution in [0.1, 0.15) is 19.0 Å². The maximum atomic E-state index is 9.11. The number of anilines is 1. The quantitative estimate of drug-likeness (QED) is 0.832. The van der Waals surface area contributed by atoms with Crippen molar-refractivity contribution >= 4 is 5.82 Å². The molecule has 1 aliphatic heterocycles. The lowest BCUT2D eigenvalue weighted by Gasteiger charge is -2.32. The average Bonchev–Trinajstić information content (AvgIpc) is 2.40. The number of nitrogens with zero attached hydrogens (tertiary/aromatic N) is 3. The van der Waals surface area contributed by atoms with Gasteiger partial charge >= 0.3 is 0 Å². The monoisotopic (exact) mass is 237 g/mol. The molecule has 0 saturated carbocycles. The Hall–Kier alpha value is -1.20. The first-order valence-corrected chi connectivity index (χ1v) is 6.11. The standard InChI is InChI=1S/C12H19N3O2/c1-2-3-10-6-12(14-9-13-10)15-4-5-17-11(7-15)8-16/h6,9,11,16H,2-5,7-8H2,1H3. The van der Waals surface area contributed by atoms with Crippen molar-refractivity contribution < 1.29 is 9.84 Å². The fourth-order valence-electron chi connectivity index (χ4n) is 1.99. The largest absolute Gasteiger partial charge is 0.394 e. The Morgan fingerprint density at radius 1 is 1.53 bits per heavy atom. The van der Waals surface area contributed by atoms with Crippen LogP contribution < -0.4 is 4.90 Å². The van der Waals surface area contributed by atoms with Crippen LogP contribution >= 0.6 is 0 Å². The average molecular weight is 237 g/mol. The van der Waals surface area contributed by atoms with Crippen molar-refractivity contribution in [2.45, 2.75) is 25.9 Å². The molecule has 1 aromatic rings. The minimum Gasteiger partial charge on any atom is -0.394 e. The molecule has 1 N–H and O–H groups in total. The van der Waals surface area contributed by atoms with Crippen LogP contribution in [-0.2, 0) is 11.2 Å². The minimum absolute atomic E-state index is 0.0589. The Bertz CT molecular complexity index is 359. The zero-order chi connectivity index (χ0) is 12.1. The van der Waals surface area contributed by atoms with E-state index in [1.54, 1.807) is 6.33 Å². The minimum atomic E-state index is -0.103. The predicted molar refractivity (Wildman–Crippen MR) is 65.1 cm³/mol. The van der Waals surface area contributed by atoms with Gasteiger partial charge in [-0.1, -0.05) is 13.3 Å². The van der Waals surface area contributed by atoms with Crippen molar-refractivity contribution in [1.29, 1.82) is 0 Å². The summed E-state index contributed by atoms with van der Waals surface area (Å²) in [7, 11) is 0. The Morgan fingerprint density at radius 2 is 2.41 bits per heavy atom. The zero-order valence-corrected chi connectivity index (χ0v) is 10.2. The molecule has 1 unspecified atom stereocenters. The van der Waals surface area contributed by atoms with Crippen molar-refractivity contribution in [3.8, 4) is 0 Å². The molecule has 0 aliphatic carbocycles. The Labute approximate surface area is 101 Å². The summed E-state index contributed by atoms with van der Waals surface area (Å²) in [6.07, 6.45) is 3.57. The summed E-state index contributed by atoms with van der Waals surface area (Å²) in [5.41, 5.74) is 1.07. The van der Waals surface area contributed by atoms with Crippen LogP contribution in [0.3, 0.4) is 0 Å². The number of aliphatic hydroxyl groups excluding tert-OH is 1. The van der Waals surface area contributed by atoms with Gasteiger partial charge in [-0.15, -0.1) is 0 Å². The van der Waals surface area contributed by atoms with Crippen LogP contribution in [0.4, 0.5) is 5.82 Å². The Morgan fingerprint density at radius 3 is 3.18 bits per heavy atom. The third-order valence-corrected chi connectivity index (χ3v) is 2.88. The second kappa shape index (κ2) is 5.93. The molecule has 2 rings (SSSR count). The summed E-state index contributed by atoms with van der Waals surface area (Å²) in [6.45, 7) is 4.35. The molecule has 0 amide bonds. The first-order chi connectivity index (χ1) is 8.33. The van der Waals surface area contributed by atoms with Gasteiger partial charge in [-0.3, -0.25) is 0 Å². The molecule has 17 heavy (non-hydrogen) atoms. The van der Waals surface area contributed by atoms with Gasteiger partial charge in [0.05, 0.1) is 19.3 Å². The van der Waals surface area contributed by atoms with Gasteiger partial charge in [0.15, 0.2) is 0 Å². The Kier molecular flexibility index (Phi) is 4.28. The summed E-state index contributed by atoms with van der Waals surface area (Å²) >= 11 is 0. The summed E-state index contributed by atoms with van der Waals surface area (Å²) in [5, 5.41) is 9.11. The van der Waals surface area contributed by atoms with Gasteiger partial charge in [-0.25, -0.2) is 9.97 Å². The summed E-state index contributed by atoms with van der Waals surface area (Å²) < 4.78 is 5.42. The van der Waals surface area contributed by atoms with E-state index in [1.165, 1.54) is 0 Å².